The van der Waals surface area contributed by atoms with Crippen LogP contribution in [0.5, 0.6) is 0 Å². The molecule has 0 spiro atoms. The van der Waals surface area contributed by atoms with Crippen molar-refractivity contribution in [3.63, 3.8) is 0 Å². The predicted octanol–water partition coefficient (Wildman–Crippen LogP) is 3.15. The smallest absolute Gasteiger partial charge is 0.182 e. The van der Waals surface area contributed by atoms with Gasteiger partial charge in [-0.25, -0.2) is 4.58 Å². The van der Waals surface area contributed by atoms with Gasteiger partial charge in [0.1, 0.15) is 7.05 Å². The van der Waals surface area contributed by atoms with Gasteiger partial charge in [-0.1, -0.05) is 80.6 Å². The first kappa shape index (κ1) is 30.7. The molecule has 1 saturated heterocycles. The minimum atomic E-state index is -4.69. The Kier molecular flexibility index (Phi) is 8.34. The number of likely N-dealkylation sites (tertiary alicyclic amines) is 1. The van der Waals surface area contributed by atoms with Crippen molar-refractivity contribution in [2.24, 2.45) is 10.8 Å². The predicted molar refractivity (Wildman–Crippen MR) is 158 cm³/mol. The minimum Gasteiger partial charge on any atom is -0.374 e. The summed E-state index contributed by atoms with van der Waals surface area (Å²) in [5, 5.41) is 0. The van der Waals surface area contributed by atoms with Crippen LogP contribution in [0.4, 0.5) is 0 Å². The zero-order valence-electron chi connectivity index (χ0n) is 25.6. The third kappa shape index (κ3) is 5.63. The molecule has 4 aliphatic rings. The Labute approximate surface area is 252 Å². The molecule has 1 fully saturated rings. The SMILES string of the molecule is CN1/C(=C/C=C/C=C/C2=[N+](C)C3CCc4ccccc4C3C2(C)C)C(C)(C)C2c3ccccc3CCC21.[O-][Cl+3]([O-])([O-])O. The average Bonchev–Trinajstić information content (AvgIpc) is 3.25. The minimum absolute atomic E-state index is 0.121. The van der Waals surface area contributed by atoms with Gasteiger partial charge in [0.05, 0.1) is 26.2 Å². The highest BCUT2D eigenvalue weighted by molar-refractivity contribution is 5.97. The topological polar surface area (TPSA) is 95.7 Å². The number of halogens is 1. The summed E-state index contributed by atoms with van der Waals surface area (Å²) in [7, 11) is -0.0807. The largest absolute Gasteiger partial charge is 0.374 e. The van der Waals surface area contributed by atoms with E-state index in [-0.39, 0.29) is 10.8 Å². The summed E-state index contributed by atoms with van der Waals surface area (Å²) in [6.45, 7) is 9.77. The Morgan fingerprint density at radius 1 is 0.833 bits per heavy atom. The monoisotopic (exact) mass is 591 g/mol. The van der Waals surface area contributed by atoms with Crippen molar-refractivity contribution < 1.29 is 33.5 Å². The normalized spacial score (nSPS) is 28.4. The molecule has 224 valence electrons. The molecule has 2 heterocycles. The highest BCUT2D eigenvalue weighted by Gasteiger charge is 2.55. The lowest BCUT2D eigenvalue weighted by Crippen LogP contribution is -2.58. The van der Waals surface area contributed by atoms with Gasteiger partial charge in [-0.3, -0.25) is 0 Å². The van der Waals surface area contributed by atoms with Crippen LogP contribution in [-0.2, 0) is 12.8 Å². The van der Waals surface area contributed by atoms with Gasteiger partial charge in [0, 0.05) is 42.6 Å². The van der Waals surface area contributed by atoms with E-state index in [0.29, 0.717) is 23.9 Å². The zero-order chi connectivity index (χ0) is 30.4. The number of hydrogen-bond acceptors (Lipinski definition) is 5. The van der Waals surface area contributed by atoms with Gasteiger partial charge < -0.3 is 4.90 Å². The molecule has 0 amide bonds. The average molecular weight is 592 g/mol. The van der Waals surface area contributed by atoms with E-state index in [4.69, 9.17) is 18.6 Å². The first-order chi connectivity index (χ1) is 19.7. The summed E-state index contributed by atoms with van der Waals surface area (Å²) in [6.07, 6.45) is 16.4. The number of allylic oxidation sites excluding steroid dienone is 6. The molecular weight excluding hydrogens is 548 g/mol. The van der Waals surface area contributed by atoms with Gasteiger partial charge >= 0.3 is 0 Å². The number of nitrogens with zero attached hydrogens (tertiary/aromatic N) is 2. The molecule has 2 aliphatic heterocycles. The second-order valence-electron chi connectivity index (χ2n) is 13.3. The van der Waals surface area contributed by atoms with E-state index in [9.17, 15) is 0 Å². The number of fused-ring (bicyclic) bond motifs is 6. The maximum atomic E-state index is 8.60. The molecule has 0 saturated carbocycles. The van der Waals surface area contributed by atoms with E-state index in [1.54, 1.807) is 22.3 Å². The molecular formula is C35H44ClN2O4+. The zero-order valence-corrected chi connectivity index (χ0v) is 26.3. The van der Waals surface area contributed by atoms with Crippen LogP contribution >= 0.6 is 0 Å². The van der Waals surface area contributed by atoms with Crippen LogP contribution in [0.3, 0.4) is 0 Å². The number of likely N-dealkylation sites (N-methyl/N-ethyl adjacent to an activating group) is 2. The third-order valence-corrected chi connectivity index (χ3v) is 10.3. The molecule has 2 aromatic rings. The van der Waals surface area contributed by atoms with Crippen molar-refractivity contribution in [2.45, 2.75) is 77.3 Å². The second-order valence-corrected chi connectivity index (χ2v) is 14.1. The van der Waals surface area contributed by atoms with Crippen molar-refractivity contribution in [2.75, 3.05) is 14.1 Å². The molecule has 0 radical (unpaired) electrons. The van der Waals surface area contributed by atoms with E-state index in [0.717, 1.165) is 0 Å². The Balaban J connectivity index is 0.000000652. The molecule has 0 bridgehead atoms. The summed E-state index contributed by atoms with van der Waals surface area (Å²) >= 11 is 0. The molecule has 2 aromatic carbocycles. The summed E-state index contributed by atoms with van der Waals surface area (Å²) in [4.78, 5) is 2.57. The maximum Gasteiger partial charge on any atom is 0.182 e. The van der Waals surface area contributed by atoms with Crippen molar-refractivity contribution >= 4 is 5.71 Å². The lowest BCUT2D eigenvalue weighted by atomic mass is 9.66. The van der Waals surface area contributed by atoms with Crippen molar-refractivity contribution in [1.82, 2.24) is 4.90 Å². The number of aryl methyl sites for hydroxylation is 2. The van der Waals surface area contributed by atoms with Crippen molar-refractivity contribution in [1.29, 1.82) is 0 Å². The Morgan fingerprint density at radius 3 is 2.00 bits per heavy atom. The highest BCUT2D eigenvalue weighted by Crippen LogP contribution is 2.56. The first-order valence-corrected chi connectivity index (χ1v) is 16.2. The van der Waals surface area contributed by atoms with Crippen molar-refractivity contribution in [3.8, 4) is 0 Å². The second kappa shape index (κ2) is 11.4. The standard InChI is InChI=1S/C35H43N2.ClHO4/c1-34(2)30(36(5)28-22-20-24-14-10-12-16-26(24)32(28)34)18-8-7-9-19-31-35(3,4)33-27-17-13-11-15-25(27)21-23-29(33)37(31)6;2-1(3,4)5/h7-19,28-29,32-33H,20-23H2,1-6H3;(H,2,3,4,5)/q+1;. The van der Waals surface area contributed by atoms with Gasteiger partial charge in [-0.05, 0) is 61.4 Å². The number of hydrogen-bond donors (Lipinski definition) is 1. The summed E-state index contributed by atoms with van der Waals surface area (Å²) < 4.78 is 35.3. The quantitative estimate of drug-likeness (QED) is 0.437. The lowest BCUT2D eigenvalue weighted by Gasteiger charge is -2.35. The van der Waals surface area contributed by atoms with Crippen LogP contribution in [0, 0.1) is 21.1 Å². The number of benzene rings is 2. The Morgan fingerprint density at radius 2 is 1.38 bits per heavy atom. The van der Waals surface area contributed by atoms with Crippen LogP contribution in [0.25, 0.3) is 0 Å². The van der Waals surface area contributed by atoms with Gasteiger partial charge in [-0.15, -0.1) is 0 Å². The fourth-order valence-electron chi connectivity index (χ4n) is 8.67. The van der Waals surface area contributed by atoms with Crippen LogP contribution in [0.1, 0.15) is 74.6 Å². The van der Waals surface area contributed by atoms with Gasteiger partial charge in [0.2, 0.25) is 0 Å². The number of rotatable bonds is 3. The van der Waals surface area contributed by atoms with E-state index >= 15 is 0 Å². The third-order valence-electron chi connectivity index (χ3n) is 10.3. The lowest BCUT2D eigenvalue weighted by molar-refractivity contribution is -1.92. The van der Waals surface area contributed by atoms with Gasteiger partial charge in [0.25, 0.3) is 0 Å². The summed E-state index contributed by atoms with van der Waals surface area (Å²) in [6, 6.07) is 19.4. The van der Waals surface area contributed by atoms with Crippen molar-refractivity contribution in [3.05, 3.63) is 107 Å². The fourth-order valence-corrected chi connectivity index (χ4v) is 8.67. The maximum absolute atomic E-state index is 8.60. The van der Waals surface area contributed by atoms with Crippen LogP contribution in [0.2, 0.25) is 0 Å². The molecule has 1 N–H and O–H groups in total. The van der Waals surface area contributed by atoms with Crippen LogP contribution < -0.4 is 14.0 Å². The van der Waals surface area contributed by atoms with Gasteiger partial charge in [-0.2, -0.15) is 14.0 Å². The van der Waals surface area contributed by atoms with E-state index in [2.05, 4.69) is 130 Å². The Hall–Kier alpha value is -2.74. The molecule has 6 nitrogen and oxygen atoms in total. The fraction of sp³-hybridized carbons (Fsp3) is 0.457. The molecule has 7 heteroatoms. The molecule has 4 atom stereocenters. The van der Waals surface area contributed by atoms with E-state index in [1.165, 1.54) is 37.1 Å². The molecule has 2 aliphatic carbocycles. The summed E-state index contributed by atoms with van der Waals surface area (Å²) in [5.41, 5.74) is 9.38. The Bertz CT molecular complexity index is 1440. The molecule has 42 heavy (non-hydrogen) atoms. The molecule has 0 aromatic heterocycles. The first-order valence-electron chi connectivity index (χ1n) is 14.9. The van der Waals surface area contributed by atoms with E-state index in [1.807, 2.05) is 0 Å². The molecule has 6 rings (SSSR count). The van der Waals surface area contributed by atoms with Gasteiger partial charge in [0.15, 0.2) is 11.8 Å². The van der Waals surface area contributed by atoms with Crippen LogP contribution in [-0.4, -0.2) is 46.0 Å². The van der Waals surface area contributed by atoms with Crippen LogP contribution in [0.15, 0.2) is 84.6 Å². The summed E-state index contributed by atoms with van der Waals surface area (Å²) in [5.74, 6) is 1.12. The van der Waals surface area contributed by atoms with E-state index < -0.39 is 10.2 Å². The molecule has 4 unspecified atom stereocenters. The highest BCUT2D eigenvalue weighted by atomic mass is 35.7.